The summed E-state index contributed by atoms with van der Waals surface area (Å²) in [4.78, 5) is 19.4. The molecule has 1 aliphatic heterocycles. The van der Waals surface area contributed by atoms with Crippen molar-refractivity contribution in [1.29, 1.82) is 0 Å². The Hall–Kier alpha value is -2.04. The second kappa shape index (κ2) is 10.8. The second-order valence-electron chi connectivity index (χ2n) is 9.69. The highest BCUT2D eigenvalue weighted by Crippen LogP contribution is 2.39. The Morgan fingerprint density at radius 3 is 2.60 bits per heavy atom. The Balaban J connectivity index is 1.46. The maximum absolute atomic E-state index is 12.4. The third kappa shape index (κ3) is 6.48. The molecule has 1 amide bonds. The van der Waals surface area contributed by atoms with Crippen LogP contribution >= 0.6 is 0 Å². The SMILES string of the molecule is CCNC(=NCC(C)(C)C1CCCC1)NCC1CC(=O)N(CCc2ccccc2)C1. The smallest absolute Gasteiger partial charge is 0.223 e. The molecule has 30 heavy (non-hydrogen) atoms. The van der Waals surface area contributed by atoms with Gasteiger partial charge in [0.2, 0.25) is 5.91 Å². The van der Waals surface area contributed by atoms with Crippen LogP contribution < -0.4 is 10.6 Å². The van der Waals surface area contributed by atoms with Crippen molar-refractivity contribution in [2.45, 2.75) is 59.3 Å². The van der Waals surface area contributed by atoms with Crippen LogP contribution in [0.5, 0.6) is 0 Å². The van der Waals surface area contributed by atoms with Gasteiger partial charge in [-0.1, -0.05) is 57.0 Å². The largest absolute Gasteiger partial charge is 0.357 e. The van der Waals surface area contributed by atoms with Gasteiger partial charge in [0.25, 0.3) is 0 Å². The molecule has 2 fully saturated rings. The normalized spacial score (nSPS) is 20.8. The number of likely N-dealkylation sites (tertiary alicyclic amines) is 1. The summed E-state index contributed by atoms with van der Waals surface area (Å²) in [5.41, 5.74) is 1.54. The van der Waals surface area contributed by atoms with E-state index in [1.54, 1.807) is 0 Å². The van der Waals surface area contributed by atoms with Gasteiger partial charge in [0.15, 0.2) is 5.96 Å². The van der Waals surface area contributed by atoms with Gasteiger partial charge in [-0.05, 0) is 43.1 Å². The van der Waals surface area contributed by atoms with Crippen molar-refractivity contribution in [2.24, 2.45) is 22.2 Å². The zero-order valence-corrected chi connectivity index (χ0v) is 19.1. The molecular formula is C25H40N4O. The van der Waals surface area contributed by atoms with Gasteiger partial charge < -0.3 is 15.5 Å². The highest BCUT2D eigenvalue weighted by Gasteiger charge is 2.32. The van der Waals surface area contributed by atoms with E-state index in [1.165, 1.54) is 31.2 Å². The van der Waals surface area contributed by atoms with Crippen molar-refractivity contribution in [3.8, 4) is 0 Å². The molecule has 1 heterocycles. The van der Waals surface area contributed by atoms with E-state index in [0.717, 1.165) is 51.0 Å². The topological polar surface area (TPSA) is 56.7 Å². The highest BCUT2D eigenvalue weighted by atomic mass is 16.2. The number of nitrogens with one attached hydrogen (secondary N) is 2. The summed E-state index contributed by atoms with van der Waals surface area (Å²) in [7, 11) is 0. The summed E-state index contributed by atoms with van der Waals surface area (Å²) in [6, 6.07) is 10.4. The van der Waals surface area contributed by atoms with E-state index < -0.39 is 0 Å². The van der Waals surface area contributed by atoms with Gasteiger partial charge in [0.05, 0.1) is 0 Å². The number of carbonyl (C=O) groups is 1. The Bertz CT molecular complexity index is 694. The van der Waals surface area contributed by atoms with Gasteiger partial charge in [0.1, 0.15) is 0 Å². The molecule has 1 aromatic rings. The van der Waals surface area contributed by atoms with Gasteiger partial charge in [0, 0.05) is 45.1 Å². The summed E-state index contributed by atoms with van der Waals surface area (Å²) in [6.45, 7) is 11.0. The van der Waals surface area contributed by atoms with Crippen LogP contribution in [0, 0.1) is 17.3 Å². The Morgan fingerprint density at radius 1 is 1.17 bits per heavy atom. The fourth-order valence-corrected chi connectivity index (χ4v) is 4.82. The van der Waals surface area contributed by atoms with Crippen molar-refractivity contribution in [3.63, 3.8) is 0 Å². The molecule has 2 aliphatic rings. The van der Waals surface area contributed by atoms with E-state index in [1.807, 2.05) is 11.0 Å². The molecule has 1 saturated carbocycles. The van der Waals surface area contributed by atoms with Gasteiger partial charge in [-0.3, -0.25) is 9.79 Å². The zero-order valence-electron chi connectivity index (χ0n) is 19.1. The van der Waals surface area contributed by atoms with Gasteiger partial charge in [-0.2, -0.15) is 0 Å². The molecule has 0 aromatic heterocycles. The number of amides is 1. The van der Waals surface area contributed by atoms with Crippen LogP contribution in [-0.2, 0) is 11.2 Å². The molecule has 1 atom stereocenters. The predicted octanol–water partition coefficient (Wildman–Crippen LogP) is 3.85. The van der Waals surface area contributed by atoms with Crippen LogP contribution in [0.4, 0.5) is 0 Å². The molecule has 0 radical (unpaired) electrons. The average Bonchev–Trinajstić information content (AvgIpc) is 3.40. The molecule has 2 N–H and O–H groups in total. The monoisotopic (exact) mass is 412 g/mol. The number of hydrogen-bond donors (Lipinski definition) is 2. The number of rotatable bonds is 9. The number of aliphatic imine (C=N–C) groups is 1. The van der Waals surface area contributed by atoms with Crippen molar-refractivity contribution in [3.05, 3.63) is 35.9 Å². The van der Waals surface area contributed by atoms with E-state index in [9.17, 15) is 4.79 Å². The molecule has 0 spiro atoms. The molecule has 1 aliphatic carbocycles. The minimum Gasteiger partial charge on any atom is -0.357 e. The maximum atomic E-state index is 12.4. The Labute approximate surface area is 182 Å². The molecular weight excluding hydrogens is 372 g/mol. The van der Waals surface area contributed by atoms with Crippen LogP contribution in [0.1, 0.15) is 58.4 Å². The third-order valence-corrected chi connectivity index (χ3v) is 6.82. The first-order valence-electron chi connectivity index (χ1n) is 11.8. The van der Waals surface area contributed by atoms with Crippen LogP contribution in [0.25, 0.3) is 0 Å². The van der Waals surface area contributed by atoms with Gasteiger partial charge in [-0.25, -0.2) is 0 Å². The quantitative estimate of drug-likeness (QED) is 0.478. The first-order chi connectivity index (χ1) is 14.5. The summed E-state index contributed by atoms with van der Waals surface area (Å²) in [5.74, 6) is 2.30. The first kappa shape index (κ1) is 22.6. The lowest BCUT2D eigenvalue weighted by atomic mass is 9.78. The minimum atomic E-state index is 0.246. The average molecular weight is 413 g/mol. The van der Waals surface area contributed by atoms with E-state index >= 15 is 0 Å². The first-order valence-corrected chi connectivity index (χ1v) is 11.8. The Morgan fingerprint density at radius 2 is 1.90 bits per heavy atom. The van der Waals surface area contributed by atoms with E-state index in [-0.39, 0.29) is 11.3 Å². The summed E-state index contributed by atoms with van der Waals surface area (Å²) in [6.07, 6.45) is 6.98. The lowest BCUT2D eigenvalue weighted by Crippen LogP contribution is -2.41. The fraction of sp³-hybridized carbons (Fsp3) is 0.680. The number of carbonyl (C=O) groups excluding carboxylic acids is 1. The third-order valence-electron chi connectivity index (χ3n) is 6.82. The number of hydrogen-bond acceptors (Lipinski definition) is 2. The van der Waals surface area contributed by atoms with Crippen molar-refractivity contribution < 1.29 is 4.79 Å². The van der Waals surface area contributed by atoms with Crippen LogP contribution in [0.15, 0.2) is 35.3 Å². The van der Waals surface area contributed by atoms with Crippen molar-refractivity contribution in [1.82, 2.24) is 15.5 Å². The van der Waals surface area contributed by atoms with E-state index in [2.05, 4.69) is 55.7 Å². The van der Waals surface area contributed by atoms with Gasteiger partial charge >= 0.3 is 0 Å². The van der Waals surface area contributed by atoms with Gasteiger partial charge in [-0.15, -0.1) is 0 Å². The van der Waals surface area contributed by atoms with E-state index in [0.29, 0.717) is 12.3 Å². The number of benzene rings is 1. The summed E-state index contributed by atoms with van der Waals surface area (Å²) < 4.78 is 0. The lowest BCUT2D eigenvalue weighted by Gasteiger charge is -2.30. The van der Waals surface area contributed by atoms with Crippen LogP contribution in [-0.4, -0.2) is 49.5 Å². The highest BCUT2D eigenvalue weighted by molar-refractivity contribution is 5.81. The summed E-state index contributed by atoms with van der Waals surface area (Å²) in [5, 5.41) is 6.88. The van der Waals surface area contributed by atoms with E-state index in [4.69, 9.17) is 4.99 Å². The van der Waals surface area contributed by atoms with Crippen LogP contribution in [0.2, 0.25) is 0 Å². The second-order valence-corrected chi connectivity index (χ2v) is 9.69. The van der Waals surface area contributed by atoms with Crippen LogP contribution in [0.3, 0.4) is 0 Å². The maximum Gasteiger partial charge on any atom is 0.223 e. The molecule has 1 aromatic carbocycles. The summed E-state index contributed by atoms with van der Waals surface area (Å²) >= 11 is 0. The predicted molar refractivity (Wildman–Crippen MR) is 125 cm³/mol. The molecule has 166 valence electrons. The lowest BCUT2D eigenvalue weighted by molar-refractivity contribution is -0.127. The minimum absolute atomic E-state index is 0.246. The molecule has 5 nitrogen and oxygen atoms in total. The number of nitrogens with zero attached hydrogens (tertiary/aromatic N) is 2. The van der Waals surface area contributed by atoms with Crippen molar-refractivity contribution >= 4 is 11.9 Å². The van der Waals surface area contributed by atoms with Crippen molar-refractivity contribution in [2.75, 3.05) is 32.7 Å². The Kier molecular flexibility index (Phi) is 8.17. The fourth-order valence-electron chi connectivity index (χ4n) is 4.82. The molecule has 5 heteroatoms. The number of guanidine groups is 1. The molecule has 3 rings (SSSR count). The molecule has 1 unspecified atom stereocenters. The standard InChI is InChI=1S/C25H40N4O/c1-4-26-24(28-19-25(2,3)22-12-8-9-13-22)27-17-21-16-23(30)29(18-21)15-14-20-10-6-5-7-11-20/h5-7,10-11,21-22H,4,8-9,12-19H2,1-3H3,(H2,26,27,28). The molecule has 1 saturated heterocycles. The molecule has 0 bridgehead atoms. The zero-order chi connectivity index (χ0) is 21.4.